The summed E-state index contributed by atoms with van der Waals surface area (Å²) in [6.07, 6.45) is 1.80. The highest BCUT2D eigenvalue weighted by atomic mass is 19.3. The Bertz CT molecular complexity index is 478. The number of hydrogen-bond acceptors (Lipinski definition) is 4. The van der Waals surface area contributed by atoms with E-state index in [9.17, 15) is 13.6 Å². The summed E-state index contributed by atoms with van der Waals surface area (Å²) in [6, 6.07) is 5.42. The Labute approximate surface area is 120 Å². The van der Waals surface area contributed by atoms with E-state index in [2.05, 4.69) is 15.2 Å². The number of carbonyl (C=O) groups is 1. The predicted molar refractivity (Wildman–Crippen MR) is 72.7 cm³/mol. The first kappa shape index (κ1) is 16.7. The van der Waals surface area contributed by atoms with Crippen LogP contribution in [0.1, 0.15) is 29.6 Å². The lowest BCUT2D eigenvalue weighted by Crippen LogP contribution is -2.24. The molecule has 0 saturated carbocycles. The van der Waals surface area contributed by atoms with Gasteiger partial charge in [0.05, 0.1) is 0 Å². The third-order valence-corrected chi connectivity index (χ3v) is 2.62. The summed E-state index contributed by atoms with van der Waals surface area (Å²) in [4.78, 5) is 11.7. The van der Waals surface area contributed by atoms with Gasteiger partial charge < -0.3 is 21.0 Å². The molecule has 8 heteroatoms. The summed E-state index contributed by atoms with van der Waals surface area (Å²) < 4.78 is 28.1. The first-order valence-electron chi connectivity index (χ1n) is 6.32. The van der Waals surface area contributed by atoms with E-state index < -0.39 is 6.61 Å². The third kappa shape index (κ3) is 6.55. The lowest BCUT2D eigenvalue weighted by molar-refractivity contribution is -0.0498. The van der Waals surface area contributed by atoms with Crippen molar-refractivity contribution in [3.05, 3.63) is 29.8 Å². The lowest BCUT2D eigenvalue weighted by Gasteiger charge is -2.07. The number of unbranched alkanes of at least 4 members (excludes halogenated alkanes) is 1. The van der Waals surface area contributed by atoms with Crippen LogP contribution in [0.15, 0.2) is 29.4 Å². The minimum absolute atomic E-state index is 0.000292. The topological polar surface area (TPSA) is 96.9 Å². The molecule has 116 valence electrons. The lowest BCUT2D eigenvalue weighted by atomic mass is 10.2. The van der Waals surface area contributed by atoms with E-state index in [-0.39, 0.29) is 17.5 Å². The third-order valence-electron chi connectivity index (χ3n) is 2.62. The van der Waals surface area contributed by atoms with E-state index in [0.717, 1.165) is 0 Å². The van der Waals surface area contributed by atoms with Crippen LogP contribution in [0, 0.1) is 0 Å². The molecule has 0 spiro atoms. The number of nitrogens with zero attached hydrogens (tertiary/aromatic N) is 1. The number of nitrogens with two attached hydrogens (primary N) is 1. The van der Waals surface area contributed by atoms with Crippen molar-refractivity contribution in [3.63, 3.8) is 0 Å². The Morgan fingerprint density at radius 1 is 1.33 bits per heavy atom. The van der Waals surface area contributed by atoms with Crippen LogP contribution in [-0.4, -0.2) is 30.1 Å². The molecule has 0 aliphatic heterocycles. The van der Waals surface area contributed by atoms with Crippen molar-refractivity contribution in [2.45, 2.75) is 25.9 Å². The molecule has 0 radical (unpaired) electrons. The number of halogens is 2. The molecule has 1 rings (SSSR count). The fourth-order valence-corrected chi connectivity index (χ4v) is 1.57. The van der Waals surface area contributed by atoms with Crippen LogP contribution in [-0.2, 0) is 0 Å². The fourth-order valence-electron chi connectivity index (χ4n) is 1.57. The summed E-state index contributed by atoms with van der Waals surface area (Å²) in [7, 11) is 0. The van der Waals surface area contributed by atoms with Crippen molar-refractivity contribution in [2.75, 3.05) is 6.54 Å². The van der Waals surface area contributed by atoms with Crippen molar-refractivity contribution in [3.8, 4) is 5.75 Å². The highest BCUT2D eigenvalue weighted by molar-refractivity contribution is 5.94. The van der Waals surface area contributed by atoms with Gasteiger partial charge in [0.2, 0.25) is 0 Å². The highest BCUT2D eigenvalue weighted by Gasteiger charge is 2.07. The molecule has 1 aromatic rings. The number of amides is 1. The number of hydrogen-bond donors (Lipinski definition) is 3. The predicted octanol–water partition coefficient (Wildman–Crippen LogP) is 1.93. The van der Waals surface area contributed by atoms with E-state index in [4.69, 9.17) is 10.9 Å². The summed E-state index contributed by atoms with van der Waals surface area (Å²) >= 11 is 0. The van der Waals surface area contributed by atoms with Crippen LogP contribution >= 0.6 is 0 Å². The monoisotopic (exact) mass is 301 g/mol. The average Bonchev–Trinajstić information content (AvgIpc) is 2.46. The molecule has 0 unspecified atom stereocenters. The normalized spacial score (nSPS) is 11.5. The van der Waals surface area contributed by atoms with Crippen molar-refractivity contribution in [1.82, 2.24) is 5.32 Å². The number of alkyl halides is 2. The molecule has 0 aromatic heterocycles. The zero-order chi connectivity index (χ0) is 15.7. The van der Waals surface area contributed by atoms with Gasteiger partial charge in [-0.2, -0.15) is 8.78 Å². The molecule has 0 heterocycles. The summed E-state index contributed by atoms with van der Waals surface area (Å²) in [5.74, 6) is -0.154. The molecule has 0 saturated heterocycles. The Kier molecular flexibility index (Phi) is 6.93. The molecule has 1 aromatic carbocycles. The minimum atomic E-state index is -2.89. The number of ether oxygens (including phenoxy) is 1. The molecule has 1 amide bonds. The van der Waals surface area contributed by atoms with E-state index in [0.29, 0.717) is 31.4 Å². The summed E-state index contributed by atoms with van der Waals surface area (Å²) in [5.41, 5.74) is 5.66. The first-order valence-corrected chi connectivity index (χ1v) is 6.32. The van der Waals surface area contributed by atoms with E-state index >= 15 is 0 Å². The number of oxime groups is 1. The quantitative estimate of drug-likeness (QED) is 0.225. The number of amidine groups is 1. The summed E-state index contributed by atoms with van der Waals surface area (Å²) in [5, 5.41) is 13.9. The van der Waals surface area contributed by atoms with Gasteiger partial charge in [-0.1, -0.05) is 5.16 Å². The molecule has 0 fully saturated rings. The molecule has 0 aliphatic carbocycles. The van der Waals surface area contributed by atoms with Crippen LogP contribution in [0.3, 0.4) is 0 Å². The van der Waals surface area contributed by atoms with Crippen LogP contribution in [0.25, 0.3) is 0 Å². The molecule has 0 atom stereocenters. The van der Waals surface area contributed by atoms with Gasteiger partial charge in [0.15, 0.2) is 0 Å². The highest BCUT2D eigenvalue weighted by Crippen LogP contribution is 2.14. The van der Waals surface area contributed by atoms with Crippen LogP contribution in [0.5, 0.6) is 5.75 Å². The Hall–Kier alpha value is -2.38. The zero-order valence-corrected chi connectivity index (χ0v) is 11.3. The largest absolute Gasteiger partial charge is 0.435 e. The Morgan fingerprint density at radius 2 is 2.00 bits per heavy atom. The van der Waals surface area contributed by atoms with Gasteiger partial charge >= 0.3 is 6.61 Å². The molecule has 0 bridgehead atoms. The van der Waals surface area contributed by atoms with E-state index in [1.165, 1.54) is 24.3 Å². The maximum absolute atomic E-state index is 12.0. The van der Waals surface area contributed by atoms with Gasteiger partial charge in [0.1, 0.15) is 11.6 Å². The molecule has 6 nitrogen and oxygen atoms in total. The fraction of sp³-hybridized carbons (Fsp3) is 0.385. The second-order valence-electron chi connectivity index (χ2n) is 4.21. The molecular weight excluding hydrogens is 284 g/mol. The second-order valence-corrected chi connectivity index (χ2v) is 4.21. The molecule has 4 N–H and O–H groups in total. The Morgan fingerprint density at radius 3 is 2.57 bits per heavy atom. The summed E-state index contributed by atoms with van der Waals surface area (Å²) in [6.45, 7) is -2.45. The maximum Gasteiger partial charge on any atom is 0.387 e. The SMILES string of the molecule is NC(CCCCNC(=O)c1ccc(OC(F)F)cc1)=NO. The van der Waals surface area contributed by atoms with Crippen molar-refractivity contribution < 1.29 is 23.5 Å². The smallest absolute Gasteiger partial charge is 0.387 e. The van der Waals surface area contributed by atoms with Crippen LogP contribution in [0.4, 0.5) is 8.78 Å². The number of rotatable bonds is 8. The zero-order valence-electron chi connectivity index (χ0n) is 11.3. The van der Waals surface area contributed by atoms with E-state index in [1.54, 1.807) is 0 Å². The second kappa shape index (κ2) is 8.72. The van der Waals surface area contributed by atoms with Crippen molar-refractivity contribution >= 4 is 11.7 Å². The first-order chi connectivity index (χ1) is 10.0. The minimum Gasteiger partial charge on any atom is -0.435 e. The standard InChI is InChI=1S/C13H17F2N3O3/c14-13(15)21-10-6-4-9(5-7-10)12(19)17-8-2-1-3-11(16)18-20/h4-7,13,20H,1-3,8H2,(H2,16,18)(H,17,19). The number of benzene rings is 1. The number of carbonyl (C=O) groups excluding carboxylic acids is 1. The van der Waals surface area contributed by atoms with Crippen molar-refractivity contribution in [2.24, 2.45) is 10.9 Å². The van der Waals surface area contributed by atoms with Crippen LogP contribution in [0.2, 0.25) is 0 Å². The van der Waals surface area contributed by atoms with Gasteiger partial charge in [-0.3, -0.25) is 4.79 Å². The van der Waals surface area contributed by atoms with Gasteiger partial charge in [-0.05, 0) is 37.1 Å². The van der Waals surface area contributed by atoms with Crippen molar-refractivity contribution in [1.29, 1.82) is 0 Å². The number of nitrogens with one attached hydrogen (secondary N) is 1. The average molecular weight is 301 g/mol. The van der Waals surface area contributed by atoms with Gasteiger partial charge in [-0.15, -0.1) is 0 Å². The van der Waals surface area contributed by atoms with E-state index in [1.807, 2.05) is 0 Å². The van der Waals surface area contributed by atoms with Crippen LogP contribution < -0.4 is 15.8 Å². The van der Waals surface area contributed by atoms with Gasteiger partial charge in [0.25, 0.3) is 5.91 Å². The van der Waals surface area contributed by atoms with Gasteiger partial charge in [0, 0.05) is 18.5 Å². The molecular formula is C13H17F2N3O3. The Balaban J connectivity index is 2.32. The van der Waals surface area contributed by atoms with Gasteiger partial charge in [-0.25, -0.2) is 0 Å². The molecule has 0 aliphatic rings. The maximum atomic E-state index is 12.0. The molecule has 21 heavy (non-hydrogen) atoms.